The molecule has 1 N–H and O–H groups in total. The van der Waals surface area contributed by atoms with E-state index in [4.69, 9.17) is 56.1 Å². The maximum atomic E-state index is 13.1. The van der Waals surface area contributed by atoms with Crippen molar-refractivity contribution in [3.05, 3.63) is 97.9 Å². The Balaban J connectivity index is 1.64. The van der Waals surface area contributed by atoms with E-state index in [-0.39, 0.29) is 22.0 Å². The summed E-state index contributed by atoms with van der Waals surface area (Å²) in [4.78, 5) is 30.9. The molecular weight excluding hydrogens is 566 g/mol. The van der Waals surface area contributed by atoms with E-state index in [1.807, 2.05) is 30.3 Å². The fourth-order valence-electron chi connectivity index (χ4n) is 3.93. The summed E-state index contributed by atoms with van der Waals surface area (Å²) < 4.78 is 5.59. The molecule has 4 aromatic rings. The number of nitrogens with one attached hydrogen (secondary N) is 1. The smallest absolute Gasteiger partial charge is 0.329 e. The van der Waals surface area contributed by atoms with Crippen molar-refractivity contribution in [3.8, 4) is 11.3 Å². The van der Waals surface area contributed by atoms with Crippen LogP contribution < -0.4 is 5.32 Å². The molecule has 0 fully saturated rings. The first-order chi connectivity index (χ1) is 17.9. The van der Waals surface area contributed by atoms with Crippen LogP contribution in [0.3, 0.4) is 0 Å². The second-order valence-corrected chi connectivity index (χ2v) is 11.3. The van der Waals surface area contributed by atoms with E-state index in [1.165, 1.54) is 0 Å². The lowest BCUT2D eigenvalue weighted by Gasteiger charge is -2.25. The van der Waals surface area contributed by atoms with Gasteiger partial charge in [0.2, 0.25) is 0 Å². The zero-order valence-electron chi connectivity index (χ0n) is 20.8. The Kier molecular flexibility index (Phi) is 8.53. The highest BCUT2D eigenvalue weighted by Crippen LogP contribution is 2.34. The van der Waals surface area contributed by atoms with Crippen molar-refractivity contribution < 1.29 is 14.3 Å². The van der Waals surface area contributed by atoms with Gasteiger partial charge in [0, 0.05) is 17.4 Å². The van der Waals surface area contributed by atoms with Gasteiger partial charge in [-0.2, -0.15) is 0 Å². The van der Waals surface area contributed by atoms with Gasteiger partial charge in [0.25, 0.3) is 5.91 Å². The third-order valence-corrected chi connectivity index (χ3v) is 6.86. The van der Waals surface area contributed by atoms with Crippen molar-refractivity contribution in [2.75, 3.05) is 0 Å². The summed E-state index contributed by atoms with van der Waals surface area (Å²) in [6.45, 7) is 5.29. The van der Waals surface area contributed by atoms with Crippen LogP contribution in [0.2, 0.25) is 20.1 Å². The van der Waals surface area contributed by atoms with Gasteiger partial charge in [-0.05, 0) is 68.8 Å². The summed E-state index contributed by atoms with van der Waals surface area (Å²) in [5.41, 5.74) is 2.18. The number of nitrogens with zero attached hydrogens (tertiary/aromatic N) is 1. The van der Waals surface area contributed by atoms with E-state index in [1.54, 1.807) is 57.2 Å². The van der Waals surface area contributed by atoms with Crippen molar-refractivity contribution in [3.63, 3.8) is 0 Å². The number of hydrogen-bond donors (Lipinski definition) is 1. The number of aromatic nitrogens is 1. The highest BCUT2D eigenvalue weighted by atomic mass is 35.5. The van der Waals surface area contributed by atoms with Crippen LogP contribution in [0.15, 0.2) is 66.7 Å². The first-order valence-electron chi connectivity index (χ1n) is 11.7. The van der Waals surface area contributed by atoms with Gasteiger partial charge in [-0.3, -0.25) is 4.79 Å². The summed E-state index contributed by atoms with van der Waals surface area (Å²) in [6.07, 6.45) is 0.177. The second kappa shape index (κ2) is 11.5. The Labute approximate surface area is 241 Å². The van der Waals surface area contributed by atoms with Gasteiger partial charge in [-0.15, -0.1) is 0 Å². The number of rotatable bonds is 6. The standard InChI is InChI=1S/C29H24Cl4N2O3/c1-29(2,3)38-28(37)24(35-27(36)26-20(32)8-5-9-21(26)33)15-16-10-12-22-17(14-16)11-13-23(34-22)25-18(30)6-4-7-19(25)31/h4-14,24H,15H2,1-3H3,(H,35,36). The molecule has 1 amide bonds. The largest absolute Gasteiger partial charge is 0.458 e. The number of esters is 1. The van der Waals surface area contributed by atoms with Crippen LogP contribution in [0.5, 0.6) is 0 Å². The van der Waals surface area contributed by atoms with E-state index in [0.29, 0.717) is 21.3 Å². The van der Waals surface area contributed by atoms with E-state index in [0.717, 1.165) is 16.5 Å². The molecule has 1 heterocycles. The Morgan fingerprint density at radius 2 is 1.47 bits per heavy atom. The highest BCUT2D eigenvalue weighted by Gasteiger charge is 2.28. The molecule has 4 rings (SSSR count). The van der Waals surface area contributed by atoms with Crippen molar-refractivity contribution >= 4 is 69.2 Å². The van der Waals surface area contributed by atoms with Crippen LogP contribution >= 0.6 is 46.4 Å². The third kappa shape index (κ3) is 6.59. The SMILES string of the molecule is CC(C)(C)OC(=O)C(Cc1ccc2nc(-c3c(Cl)cccc3Cl)ccc2c1)NC(=O)c1c(Cl)cccc1Cl. The Hall–Kier alpha value is -2.83. The number of carbonyl (C=O) groups excluding carboxylic acids is 2. The van der Waals surface area contributed by atoms with Gasteiger partial charge >= 0.3 is 5.97 Å². The maximum absolute atomic E-state index is 13.1. The number of ether oxygens (including phenoxy) is 1. The second-order valence-electron chi connectivity index (χ2n) is 9.68. The van der Waals surface area contributed by atoms with Crippen molar-refractivity contribution in [1.29, 1.82) is 0 Å². The fourth-order valence-corrected chi connectivity index (χ4v) is 5.09. The molecule has 0 radical (unpaired) electrons. The minimum absolute atomic E-state index is 0.0952. The molecule has 1 atom stereocenters. The summed E-state index contributed by atoms with van der Waals surface area (Å²) in [5, 5.41) is 4.98. The minimum atomic E-state index is -0.985. The molecular formula is C29H24Cl4N2O3. The topological polar surface area (TPSA) is 68.3 Å². The van der Waals surface area contributed by atoms with E-state index in [2.05, 4.69) is 5.32 Å². The molecule has 3 aromatic carbocycles. The predicted molar refractivity (Wildman–Crippen MR) is 154 cm³/mol. The number of fused-ring (bicyclic) bond motifs is 1. The minimum Gasteiger partial charge on any atom is -0.458 e. The van der Waals surface area contributed by atoms with Crippen LogP contribution in [0.1, 0.15) is 36.7 Å². The molecule has 0 spiro atoms. The van der Waals surface area contributed by atoms with Crippen LogP contribution in [-0.4, -0.2) is 28.5 Å². The molecule has 1 aromatic heterocycles. The molecule has 9 heteroatoms. The summed E-state index contributed by atoms with van der Waals surface area (Å²) in [6, 6.07) is 18.4. The molecule has 0 bridgehead atoms. The fraction of sp³-hybridized carbons (Fsp3) is 0.207. The first kappa shape index (κ1) is 28.2. The zero-order valence-corrected chi connectivity index (χ0v) is 23.8. The number of carbonyl (C=O) groups is 2. The number of pyridine rings is 1. The van der Waals surface area contributed by atoms with Crippen molar-refractivity contribution in [2.24, 2.45) is 0 Å². The molecule has 1 unspecified atom stereocenters. The third-order valence-electron chi connectivity index (χ3n) is 5.60. The molecule has 196 valence electrons. The summed E-state index contributed by atoms with van der Waals surface area (Å²) in [5.74, 6) is -1.14. The lowest BCUT2D eigenvalue weighted by Crippen LogP contribution is -2.45. The monoisotopic (exact) mass is 588 g/mol. The Morgan fingerprint density at radius 1 is 0.868 bits per heavy atom. The van der Waals surface area contributed by atoms with Crippen LogP contribution in [0.25, 0.3) is 22.2 Å². The summed E-state index contributed by atoms with van der Waals surface area (Å²) >= 11 is 25.1. The quantitative estimate of drug-likeness (QED) is 0.230. The van der Waals surface area contributed by atoms with E-state index in [9.17, 15) is 9.59 Å². The molecule has 0 saturated carbocycles. The number of amides is 1. The molecule has 5 nitrogen and oxygen atoms in total. The average Bonchev–Trinajstić information content (AvgIpc) is 2.82. The van der Waals surface area contributed by atoms with E-state index >= 15 is 0 Å². The number of hydrogen-bond acceptors (Lipinski definition) is 4. The average molecular weight is 590 g/mol. The van der Waals surface area contributed by atoms with E-state index < -0.39 is 23.5 Å². The molecule has 0 aliphatic heterocycles. The van der Waals surface area contributed by atoms with Gasteiger partial charge in [-0.25, -0.2) is 9.78 Å². The van der Waals surface area contributed by atoms with Gasteiger partial charge in [0.1, 0.15) is 11.6 Å². The number of halogens is 4. The Morgan fingerprint density at radius 3 is 2.08 bits per heavy atom. The molecule has 0 aliphatic carbocycles. The molecule has 0 aliphatic rings. The highest BCUT2D eigenvalue weighted by molar-refractivity contribution is 6.40. The van der Waals surface area contributed by atoms with Gasteiger partial charge < -0.3 is 10.1 Å². The lowest BCUT2D eigenvalue weighted by atomic mass is 10.0. The first-order valence-corrected chi connectivity index (χ1v) is 13.3. The van der Waals surface area contributed by atoms with Gasteiger partial charge in [0.15, 0.2) is 0 Å². The van der Waals surface area contributed by atoms with Crippen molar-refractivity contribution in [2.45, 2.75) is 38.8 Å². The molecule has 0 saturated heterocycles. The van der Waals surface area contributed by atoms with Crippen LogP contribution in [0.4, 0.5) is 0 Å². The lowest BCUT2D eigenvalue weighted by molar-refractivity contribution is -0.157. The maximum Gasteiger partial charge on any atom is 0.329 e. The van der Waals surface area contributed by atoms with Crippen LogP contribution in [0, 0.1) is 0 Å². The normalized spacial score (nSPS) is 12.3. The predicted octanol–water partition coefficient (Wildman–Crippen LogP) is 8.20. The zero-order chi connectivity index (χ0) is 27.6. The van der Waals surface area contributed by atoms with Gasteiger partial charge in [-0.1, -0.05) is 70.7 Å². The Bertz CT molecular complexity index is 1490. The van der Waals surface area contributed by atoms with Crippen molar-refractivity contribution in [1.82, 2.24) is 10.3 Å². The summed E-state index contributed by atoms with van der Waals surface area (Å²) in [7, 11) is 0. The van der Waals surface area contributed by atoms with Crippen LogP contribution in [-0.2, 0) is 16.0 Å². The number of benzene rings is 3. The van der Waals surface area contributed by atoms with Gasteiger partial charge in [0.05, 0.1) is 36.9 Å². The molecule has 38 heavy (non-hydrogen) atoms.